The first-order valence-electron chi connectivity index (χ1n) is 8.70. The summed E-state index contributed by atoms with van der Waals surface area (Å²) < 4.78 is 7.38. The second-order valence-electron chi connectivity index (χ2n) is 6.29. The molecule has 3 aromatic rings. The first kappa shape index (κ1) is 21.2. The minimum atomic E-state index is -0.370. The monoisotopic (exact) mass is 449 g/mol. The molecule has 0 spiro atoms. The van der Waals surface area contributed by atoms with Crippen LogP contribution in [-0.4, -0.2) is 23.3 Å². The fourth-order valence-electron chi connectivity index (χ4n) is 2.84. The van der Waals surface area contributed by atoms with Crippen LogP contribution in [-0.2, 0) is 4.79 Å². The van der Waals surface area contributed by atoms with Crippen molar-refractivity contribution in [3.63, 3.8) is 0 Å². The Morgan fingerprint density at radius 3 is 2.45 bits per heavy atom. The van der Waals surface area contributed by atoms with Gasteiger partial charge < -0.3 is 9.30 Å². The zero-order chi connectivity index (χ0) is 21.0. The molecule has 0 saturated heterocycles. The number of aryl methyl sites for hydroxylation is 1. The fraction of sp³-hybridized carbons (Fsp3) is 0.143. The number of nitrogens with zero attached hydrogens (tertiary/aromatic N) is 2. The van der Waals surface area contributed by atoms with Gasteiger partial charge in [-0.15, -0.1) is 0 Å². The van der Waals surface area contributed by atoms with E-state index < -0.39 is 0 Å². The molecule has 0 saturated carbocycles. The summed E-state index contributed by atoms with van der Waals surface area (Å²) in [4.78, 5) is 11.9. The average molecular weight is 451 g/mol. The van der Waals surface area contributed by atoms with Crippen molar-refractivity contribution in [1.29, 1.82) is 0 Å². The number of halogens is 3. The molecule has 150 valence electrons. The lowest BCUT2D eigenvalue weighted by atomic mass is 10.2. The van der Waals surface area contributed by atoms with Crippen LogP contribution in [0.4, 0.5) is 0 Å². The van der Waals surface area contributed by atoms with Crippen LogP contribution in [0.15, 0.2) is 53.6 Å². The van der Waals surface area contributed by atoms with Gasteiger partial charge >= 0.3 is 0 Å². The molecule has 1 amide bonds. The third-order valence-corrected chi connectivity index (χ3v) is 4.99. The highest BCUT2D eigenvalue weighted by atomic mass is 35.5. The van der Waals surface area contributed by atoms with Gasteiger partial charge in [0.2, 0.25) is 0 Å². The normalized spacial score (nSPS) is 11.1. The molecule has 8 heteroatoms. The molecule has 0 aliphatic carbocycles. The molecule has 0 radical (unpaired) electrons. The number of nitrogens with one attached hydrogen (secondary N) is 1. The molecule has 3 rings (SSSR count). The van der Waals surface area contributed by atoms with Crippen LogP contribution >= 0.6 is 34.8 Å². The highest BCUT2D eigenvalue weighted by molar-refractivity contribution is 6.35. The van der Waals surface area contributed by atoms with Crippen molar-refractivity contribution in [2.24, 2.45) is 5.10 Å². The maximum atomic E-state index is 11.9. The maximum Gasteiger partial charge on any atom is 0.277 e. The number of hydrogen-bond donors (Lipinski definition) is 1. The van der Waals surface area contributed by atoms with Gasteiger partial charge in [0.1, 0.15) is 5.75 Å². The van der Waals surface area contributed by atoms with E-state index in [0.29, 0.717) is 20.8 Å². The lowest BCUT2D eigenvalue weighted by molar-refractivity contribution is -0.123. The van der Waals surface area contributed by atoms with Crippen LogP contribution in [0.5, 0.6) is 5.75 Å². The van der Waals surface area contributed by atoms with Gasteiger partial charge in [0.15, 0.2) is 6.61 Å². The standard InChI is InChI=1S/C21H18Cl3N3O2/c1-13-9-15(14(2)27(13)20-8-5-17(23)10-19(20)24)11-25-26-21(28)12-29-18-6-3-16(22)4-7-18/h3-11H,12H2,1-2H3,(H,26,28)/b25-11-. The first-order chi connectivity index (χ1) is 13.8. The Kier molecular flexibility index (Phi) is 6.85. The molecule has 0 atom stereocenters. The van der Waals surface area contributed by atoms with Crippen molar-refractivity contribution in [2.75, 3.05) is 6.61 Å². The molecule has 0 aliphatic rings. The molecule has 1 aromatic heterocycles. The summed E-state index contributed by atoms with van der Waals surface area (Å²) in [6.07, 6.45) is 1.59. The van der Waals surface area contributed by atoms with Gasteiger partial charge in [0.25, 0.3) is 5.91 Å². The number of rotatable bonds is 6. The Morgan fingerprint density at radius 2 is 1.76 bits per heavy atom. The summed E-state index contributed by atoms with van der Waals surface area (Å²) in [7, 11) is 0. The summed E-state index contributed by atoms with van der Waals surface area (Å²) >= 11 is 18.1. The molecule has 1 heterocycles. The molecular formula is C21H18Cl3N3O2. The van der Waals surface area contributed by atoms with E-state index in [-0.39, 0.29) is 12.5 Å². The van der Waals surface area contributed by atoms with Gasteiger partial charge in [-0.05, 0) is 62.4 Å². The third kappa shape index (κ3) is 5.32. The number of amides is 1. The summed E-state index contributed by atoms with van der Waals surface area (Å²) in [5.41, 5.74) is 6.04. The second kappa shape index (κ2) is 9.35. The van der Waals surface area contributed by atoms with Gasteiger partial charge in [0.05, 0.1) is 16.9 Å². The van der Waals surface area contributed by atoms with Crippen molar-refractivity contribution in [1.82, 2.24) is 9.99 Å². The summed E-state index contributed by atoms with van der Waals surface area (Å²) in [5.74, 6) is 0.183. The van der Waals surface area contributed by atoms with E-state index in [2.05, 4.69) is 10.5 Å². The molecule has 0 unspecified atom stereocenters. The number of aromatic nitrogens is 1. The van der Waals surface area contributed by atoms with Gasteiger partial charge in [0, 0.05) is 27.0 Å². The summed E-state index contributed by atoms with van der Waals surface area (Å²) in [6.45, 7) is 3.76. The smallest absolute Gasteiger partial charge is 0.277 e. The van der Waals surface area contributed by atoms with E-state index in [9.17, 15) is 4.79 Å². The Labute approximate surface area is 183 Å². The Morgan fingerprint density at radius 1 is 1.07 bits per heavy atom. The molecule has 0 aliphatic heterocycles. The Balaban J connectivity index is 1.65. The highest BCUT2D eigenvalue weighted by Gasteiger charge is 2.12. The lowest BCUT2D eigenvalue weighted by Gasteiger charge is -2.11. The van der Waals surface area contributed by atoms with Gasteiger partial charge in [-0.25, -0.2) is 5.43 Å². The molecule has 29 heavy (non-hydrogen) atoms. The number of hydrazone groups is 1. The number of carbonyl (C=O) groups excluding carboxylic acids is 1. The Bertz CT molecular complexity index is 1060. The minimum absolute atomic E-state index is 0.154. The largest absolute Gasteiger partial charge is 0.484 e. The maximum absolute atomic E-state index is 11.9. The van der Waals surface area contributed by atoms with Gasteiger partial charge in [-0.2, -0.15) is 5.10 Å². The van der Waals surface area contributed by atoms with Gasteiger partial charge in [-0.1, -0.05) is 34.8 Å². The minimum Gasteiger partial charge on any atom is -0.484 e. The van der Waals surface area contributed by atoms with Crippen LogP contribution in [0.3, 0.4) is 0 Å². The zero-order valence-corrected chi connectivity index (χ0v) is 18.0. The Hall–Kier alpha value is -2.47. The number of hydrogen-bond acceptors (Lipinski definition) is 3. The number of benzene rings is 2. The predicted octanol–water partition coefficient (Wildman–Crippen LogP) is 5.58. The number of ether oxygens (including phenoxy) is 1. The van der Waals surface area contributed by atoms with Gasteiger partial charge in [-0.3, -0.25) is 4.79 Å². The first-order valence-corrected chi connectivity index (χ1v) is 9.83. The quantitative estimate of drug-likeness (QED) is 0.393. The van der Waals surface area contributed by atoms with E-state index in [1.165, 1.54) is 0 Å². The van der Waals surface area contributed by atoms with E-state index in [0.717, 1.165) is 22.6 Å². The zero-order valence-electron chi connectivity index (χ0n) is 15.7. The molecule has 5 nitrogen and oxygen atoms in total. The average Bonchev–Trinajstić information content (AvgIpc) is 2.95. The molecule has 0 fully saturated rings. The van der Waals surface area contributed by atoms with Crippen molar-refractivity contribution in [3.05, 3.63) is 80.6 Å². The van der Waals surface area contributed by atoms with E-state index in [1.54, 1.807) is 42.6 Å². The third-order valence-electron chi connectivity index (χ3n) is 4.20. The predicted molar refractivity (Wildman–Crippen MR) is 118 cm³/mol. The molecule has 1 N–H and O–H groups in total. The van der Waals surface area contributed by atoms with E-state index in [4.69, 9.17) is 39.5 Å². The topological polar surface area (TPSA) is 55.6 Å². The fourth-order valence-corrected chi connectivity index (χ4v) is 3.46. The summed E-state index contributed by atoms with van der Waals surface area (Å²) in [5, 5.41) is 5.75. The van der Waals surface area contributed by atoms with Crippen molar-refractivity contribution >= 4 is 46.9 Å². The van der Waals surface area contributed by atoms with Crippen molar-refractivity contribution in [2.45, 2.75) is 13.8 Å². The second-order valence-corrected chi connectivity index (χ2v) is 7.57. The van der Waals surface area contributed by atoms with Crippen LogP contribution in [0.2, 0.25) is 15.1 Å². The van der Waals surface area contributed by atoms with E-state index in [1.807, 2.05) is 30.5 Å². The molecule has 2 aromatic carbocycles. The SMILES string of the molecule is Cc1cc(/C=N\NC(=O)COc2ccc(Cl)cc2)c(C)n1-c1ccc(Cl)cc1Cl. The molecule has 0 bridgehead atoms. The van der Waals surface area contributed by atoms with Crippen LogP contribution < -0.4 is 10.2 Å². The highest BCUT2D eigenvalue weighted by Crippen LogP contribution is 2.28. The number of carbonyl (C=O) groups is 1. The van der Waals surface area contributed by atoms with E-state index >= 15 is 0 Å². The molecular weight excluding hydrogens is 433 g/mol. The van der Waals surface area contributed by atoms with Crippen LogP contribution in [0.1, 0.15) is 17.0 Å². The van der Waals surface area contributed by atoms with Crippen molar-refractivity contribution in [3.8, 4) is 11.4 Å². The summed E-state index contributed by atoms with van der Waals surface area (Å²) in [6, 6.07) is 14.1. The lowest BCUT2D eigenvalue weighted by Crippen LogP contribution is -2.24. The van der Waals surface area contributed by atoms with Crippen molar-refractivity contribution < 1.29 is 9.53 Å². The van der Waals surface area contributed by atoms with Crippen LogP contribution in [0.25, 0.3) is 5.69 Å². The van der Waals surface area contributed by atoms with Crippen LogP contribution in [0, 0.1) is 13.8 Å².